The average molecular weight is 373 g/mol. The maximum Gasteiger partial charge on any atom is 0.153 e. The molecular weight excluding hydrogens is 346 g/mol. The largest absolute Gasteiger partial charge is 0.392 e. The van der Waals surface area contributed by atoms with E-state index in [9.17, 15) is 20.1 Å². The zero-order valence-electron chi connectivity index (χ0n) is 16.1. The molecule has 0 radical (unpaired) electrons. The van der Waals surface area contributed by atoms with E-state index in [1.807, 2.05) is 6.92 Å². The van der Waals surface area contributed by atoms with Gasteiger partial charge in [0.15, 0.2) is 5.78 Å². The predicted octanol–water partition coefficient (Wildman–Crippen LogP) is 2.13. The molecule has 0 amide bonds. The van der Waals surface area contributed by atoms with Gasteiger partial charge in [0, 0.05) is 10.8 Å². The van der Waals surface area contributed by atoms with Crippen LogP contribution in [0.1, 0.15) is 34.1 Å². The Morgan fingerprint density at radius 1 is 1.41 bits per heavy atom. The molecular formula is C20H27N3O4. The van der Waals surface area contributed by atoms with E-state index in [1.165, 1.54) is 0 Å². The summed E-state index contributed by atoms with van der Waals surface area (Å²) in [7, 11) is 0. The molecule has 7 nitrogen and oxygen atoms in total. The molecule has 0 heterocycles. The van der Waals surface area contributed by atoms with E-state index in [0.717, 1.165) is 6.42 Å². The molecule has 4 rings (SSSR count). The third-order valence-electron chi connectivity index (χ3n) is 8.10. The molecule has 2 saturated carbocycles. The fraction of sp³-hybridized carbons (Fsp3) is 0.750. The fourth-order valence-corrected chi connectivity index (χ4v) is 6.66. The molecule has 8 atom stereocenters. The second kappa shape index (κ2) is 5.45. The molecule has 146 valence electrons. The van der Waals surface area contributed by atoms with E-state index in [4.69, 9.17) is 5.53 Å². The number of carbonyl (C=O) groups excluding carboxylic acids is 1. The lowest BCUT2D eigenvalue weighted by Crippen LogP contribution is -2.64. The molecule has 4 aliphatic rings. The molecule has 27 heavy (non-hydrogen) atoms. The highest BCUT2D eigenvalue weighted by Gasteiger charge is 2.75. The first-order chi connectivity index (χ1) is 12.6. The van der Waals surface area contributed by atoms with Crippen LogP contribution in [0.5, 0.6) is 0 Å². The van der Waals surface area contributed by atoms with Gasteiger partial charge in [0.1, 0.15) is 11.7 Å². The van der Waals surface area contributed by atoms with Crippen LogP contribution in [0.4, 0.5) is 0 Å². The zero-order chi connectivity index (χ0) is 19.9. The van der Waals surface area contributed by atoms with Crippen LogP contribution in [0, 0.1) is 34.5 Å². The van der Waals surface area contributed by atoms with Crippen LogP contribution in [-0.2, 0) is 4.79 Å². The summed E-state index contributed by atoms with van der Waals surface area (Å²) in [4.78, 5) is 16.8. The molecule has 0 aliphatic heterocycles. The fourth-order valence-electron chi connectivity index (χ4n) is 6.66. The second-order valence-corrected chi connectivity index (χ2v) is 9.47. The Labute approximate surface area is 158 Å². The summed E-state index contributed by atoms with van der Waals surface area (Å²) >= 11 is 0. The minimum Gasteiger partial charge on any atom is -0.392 e. The van der Waals surface area contributed by atoms with Gasteiger partial charge in [0.05, 0.1) is 18.1 Å². The van der Waals surface area contributed by atoms with E-state index >= 15 is 0 Å². The van der Waals surface area contributed by atoms with Crippen molar-refractivity contribution in [1.29, 1.82) is 0 Å². The van der Waals surface area contributed by atoms with Crippen molar-refractivity contribution < 1.29 is 20.1 Å². The first-order valence-corrected chi connectivity index (χ1v) is 9.58. The van der Waals surface area contributed by atoms with Crippen molar-refractivity contribution >= 4 is 5.78 Å². The minimum absolute atomic E-state index is 0.00222. The van der Waals surface area contributed by atoms with Gasteiger partial charge in [0.2, 0.25) is 0 Å². The molecule has 2 bridgehead atoms. The minimum atomic E-state index is -2.00. The van der Waals surface area contributed by atoms with Crippen molar-refractivity contribution in [2.75, 3.05) is 6.61 Å². The molecule has 3 N–H and O–H groups in total. The van der Waals surface area contributed by atoms with E-state index in [1.54, 1.807) is 19.1 Å². The third-order valence-corrected chi connectivity index (χ3v) is 8.10. The molecule has 0 aromatic rings. The van der Waals surface area contributed by atoms with Crippen molar-refractivity contribution in [2.24, 2.45) is 39.6 Å². The Bertz CT molecular complexity index is 827. The highest BCUT2D eigenvalue weighted by molar-refractivity contribution is 5.95. The number of azide groups is 1. The first-order valence-electron chi connectivity index (χ1n) is 9.58. The quantitative estimate of drug-likeness (QED) is 0.296. The van der Waals surface area contributed by atoms with Crippen molar-refractivity contribution in [3.8, 4) is 0 Å². The maximum absolute atomic E-state index is 13.9. The van der Waals surface area contributed by atoms with Gasteiger partial charge >= 0.3 is 0 Å². The van der Waals surface area contributed by atoms with Gasteiger partial charge in [-0.15, -0.1) is 0 Å². The van der Waals surface area contributed by atoms with Crippen molar-refractivity contribution in [2.45, 2.75) is 51.9 Å². The van der Waals surface area contributed by atoms with E-state index in [2.05, 4.69) is 23.9 Å². The normalized spacial score (nSPS) is 49.7. The van der Waals surface area contributed by atoms with Crippen molar-refractivity contribution in [3.05, 3.63) is 33.7 Å². The van der Waals surface area contributed by atoms with Gasteiger partial charge in [0.25, 0.3) is 0 Å². The number of Topliss-reactive ketones (excluding diaryl/α,β-unsaturated/α-hetero) is 1. The van der Waals surface area contributed by atoms with Crippen molar-refractivity contribution in [1.82, 2.24) is 0 Å². The van der Waals surface area contributed by atoms with Gasteiger partial charge in [-0.2, -0.15) is 0 Å². The van der Waals surface area contributed by atoms with Gasteiger partial charge in [-0.1, -0.05) is 43.6 Å². The lowest BCUT2D eigenvalue weighted by atomic mass is 9.58. The number of nitrogens with zero attached hydrogens (tertiary/aromatic N) is 3. The summed E-state index contributed by atoms with van der Waals surface area (Å²) in [6, 6.07) is -1.06. The summed E-state index contributed by atoms with van der Waals surface area (Å²) in [5, 5.41) is 36.7. The smallest absolute Gasteiger partial charge is 0.153 e. The Morgan fingerprint density at radius 2 is 2.07 bits per heavy atom. The van der Waals surface area contributed by atoms with E-state index < -0.39 is 35.7 Å². The monoisotopic (exact) mass is 373 g/mol. The first kappa shape index (κ1) is 18.7. The number of fused-ring (bicyclic) bond motifs is 3. The van der Waals surface area contributed by atoms with Gasteiger partial charge in [-0.25, -0.2) is 0 Å². The lowest BCUT2D eigenvalue weighted by molar-refractivity contribution is -0.168. The van der Waals surface area contributed by atoms with Gasteiger partial charge in [-0.3, -0.25) is 4.79 Å². The average Bonchev–Trinajstić information content (AvgIpc) is 3.09. The second-order valence-electron chi connectivity index (χ2n) is 9.47. The van der Waals surface area contributed by atoms with Crippen LogP contribution in [0.2, 0.25) is 0 Å². The Balaban J connectivity index is 2.01. The Hall–Kier alpha value is -1.66. The highest BCUT2D eigenvalue weighted by Crippen LogP contribution is 2.71. The summed E-state index contributed by atoms with van der Waals surface area (Å²) in [5.41, 5.74) is 6.53. The molecule has 0 aromatic carbocycles. The molecule has 0 saturated heterocycles. The van der Waals surface area contributed by atoms with Crippen LogP contribution in [0.25, 0.3) is 10.4 Å². The SMILES string of the molecule is CC1=C[C@]23C(=O)[C@@H](C=C(CO)[C@@H](O)[C@]2(O)[C@H]1N=[N+]=[N-])[C@H]1[C@@H](C[C@H]3C)C1(C)C. The van der Waals surface area contributed by atoms with Crippen LogP contribution < -0.4 is 0 Å². The van der Waals surface area contributed by atoms with Crippen LogP contribution in [0.15, 0.2) is 28.4 Å². The maximum atomic E-state index is 13.9. The van der Waals surface area contributed by atoms with Crippen LogP contribution in [0.3, 0.4) is 0 Å². The third kappa shape index (κ3) is 1.93. The predicted molar refractivity (Wildman–Crippen MR) is 98.3 cm³/mol. The number of ketones is 1. The van der Waals surface area contributed by atoms with Crippen LogP contribution >= 0.6 is 0 Å². The Kier molecular flexibility index (Phi) is 3.77. The number of allylic oxidation sites excluding steroid dienone is 1. The summed E-state index contributed by atoms with van der Waals surface area (Å²) in [6.45, 7) is 7.51. The number of carbonyl (C=O) groups is 1. The zero-order valence-corrected chi connectivity index (χ0v) is 16.1. The molecule has 7 heteroatoms. The number of aliphatic hydroxyl groups is 3. The summed E-state index contributed by atoms with van der Waals surface area (Å²) < 4.78 is 0. The topological polar surface area (TPSA) is 127 Å². The van der Waals surface area contributed by atoms with Gasteiger partial charge < -0.3 is 15.3 Å². The van der Waals surface area contributed by atoms with E-state index in [0.29, 0.717) is 11.5 Å². The number of hydrogen-bond donors (Lipinski definition) is 3. The van der Waals surface area contributed by atoms with Crippen LogP contribution in [-0.4, -0.2) is 45.5 Å². The Morgan fingerprint density at radius 3 is 2.67 bits per heavy atom. The number of aliphatic hydroxyl groups excluding tert-OH is 2. The number of hydrogen-bond acceptors (Lipinski definition) is 5. The molecule has 2 fully saturated rings. The number of rotatable bonds is 2. The summed E-state index contributed by atoms with van der Waals surface area (Å²) in [6.07, 6.45) is 2.68. The molecule has 0 unspecified atom stereocenters. The summed E-state index contributed by atoms with van der Waals surface area (Å²) in [5.74, 6) is -0.384. The lowest BCUT2D eigenvalue weighted by Gasteiger charge is -2.48. The van der Waals surface area contributed by atoms with Crippen molar-refractivity contribution in [3.63, 3.8) is 0 Å². The molecule has 0 aromatic heterocycles. The molecule has 4 aliphatic carbocycles. The van der Waals surface area contributed by atoms with E-state index in [-0.39, 0.29) is 28.6 Å². The highest BCUT2D eigenvalue weighted by atomic mass is 16.3. The molecule has 1 spiro atoms. The van der Waals surface area contributed by atoms with Gasteiger partial charge in [-0.05, 0) is 47.6 Å². The standard InChI is InChI=1S/C20H27N3O4/c1-9-7-19-10(2)5-13-14(18(13,3)4)12(17(19)26)6-11(8-24)16(25)20(19,27)15(9)22-23-21/h6-7,10,12-16,24-25,27H,5,8H2,1-4H3/t10-,12+,13-,14+,15+,16-,19+,20-/m1/s1.